The van der Waals surface area contributed by atoms with E-state index in [0.29, 0.717) is 18.0 Å². The van der Waals surface area contributed by atoms with Crippen molar-refractivity contribution >= 4 is 23.0 Å². The van der Waals surface area contributed by atoms with Crippen LogP contribution in [0.3, 0.4) is 0 Å². The van der Waals surface area contributed by atoms with Crippen LogP contribution in [0.2, 0.25) is 0 Å². The van der Waals surface area contributed by atoms with Crippen LogP contribution >= 0.6 is 0 Å². The van der Waals surface area contributed by atoms with Crippen LogP contribution in [-0.4, -0.2) is 29.8 Å². The standard InChI is InChI=1S/C23H27NO5/c25-21(26)19(9-18-8-17-3-1-2-4-20(17)29-18)24-22(27)28-13-23-10-14-5-15(11-23)7-16(6-14)12-23/h1-4,8,14-16,19H,5-7,9-13H2,(H,24,27)(H,25,26). The Morgan fingerprint density at radius 1 is 1.14 bits per heavy atom. The topological polar surface area (TPSA) is 88.8 Å². The lowest BCUT2D eigenvalue weighted by Crippen LogP contribution is -2.49. The van der Waals surface area contributed by atoms with Crippen molar-refractivity contribution in [2.24, 2.45) is 23.2 Å². The molecule has 0 saturated heterocycles. The third kappa shape index (κ3) is 3.72. The fourth-order valence-corrected chi connectivity index (χ4v) is 6.41. The molecule has 0 aliphatic heterocycles. The number of hydrogen-bond acceptors (Lipinski definition) is 4. The van der Waals surface area contributed by atoms with E-state index >= 15 is 0 Å². The van der Waals surface area contributed by atoms with Gasteiger partial charge >= 0.3 is 12.1 Å². The van der Waals surface area contributed by atoms with E-state index in [9.17, 15) is 14.7 Å². The summed E-state index contributed by atoms with van der Waals surface area (Å²) in [5.74, 6) is 1.78. The Morgan fingerprint density at radius 3 is 2.41 bits per heavy atom. The van der Waals surface area contributed by atoms with Crippen LogP contribution < -0.4 is 5.32 Å². The molecule has 154 valence electrons. The summed E-state index contributed by atoms with van der Waals surface area (Å²) in [7, 11) is 0. The number of carboxylic acids is 1. The maximum atomic E-state index is 12.4. The normalized spacial score (nSPS) is 31.0. The number of hydrogen-bond donors (Lipinski definition) is 2. The lowest BCUT2D eigenvalue weighted by molar-refractivity contribution is -0.139. The van der Waals surface area contributed by atoms with Crippen molar-refractivity contribution in [1.82, 2.24) is 5.32 Å². The number of alkyl carbamates (subject to hydrolysis) is 1. The van der Waals surface area contributed by atoms with Crippen LogP contribution in [0.15, 0.2) is 34.7 Å². The van der Waals surface area contributed by atoms with E-state index < -0.39 is 18.1 Å². The van der Waals surface area contributed by atoms with Crippen molar-refractivity contribution in [1.29, 1.82) is 0 Å². The maximum Gasteiger partial charge on any atom is 0.407 e. The summed E-state index contributed by atoms with van der Waals surface area (Å²) >= 11 is 0. The predicted molar refractivity (Wildman–Crippen MR) is 106 cm³/mol. The Balaban J connectivity index is 1.20. The first kappa shape index (κ1) is 18.5. The number of carbonyl (C=O) groups excluding carboxylic acids is 1. The highest BCUT2D eigenvalue weighted by Gasteiger charge is 2.51. The second kappa shape index (κ2) is 7.08. The van der Waals surface area contributed by atoms with E-state index in [2.05, 4.69) is 5.32 Å². The van der Waals surface area contributed by atoms with Gasteiger partial charge in [-0.25, -0.2) is 9.59 Å². The van der Waals surface area contributed by atoms with Gasteiger partial charge in [0.2, 0.25) is 0 Å². The van der Waals surface area contributed by atoms with Gasteiger partial charge in [0.15, 0.2) is 0 Å². The zero-order valence-electron chi connectivity index (χ0n) is 16.4. The molecule has 2 aromatic rings. The summed E-state index contributed by atoms with van der Waals surface area (Å²) in [4.78, 5) is 24.1. The smallest absolute Gasteiger partial charge is 0.407 e. The van der Waals surface area contributed by atoms with Gasteiger partial charge in [-0.1, -0.05) is 18.2 Å². The number of para-hydroxylation sites is 1. The van der Waals surface area contributed by atoms with E-state index in [4.69, 9.17) is 9.15 Å². The highest BCUT2D eigenvalue weighted by molar-refractivity contribution is 5.81. The fraction of sp³-hybridized carbons (Fsp3) is 0.565. The van der Waals surface area contributed by atoms with E-state index in [1.54, 1.807) is 0 Å². The molecule has 2 N–H and O–H groups in total. The number of carboxylic acid groups (broad SMARTS) is 1. The van der Waals surface area contributed by atoms with Crippen LogP contribution in [0.25, 0.3) is 11.0 Å². The van der Waals surface area contributed by atoms with Gasteiger partial charge in [-0.05, 0) is 68.4 Å². The molecule has 29 heavy (non-hydrogen) atoms. The minimum Gasteiger partial charge on any atom is -0.480 e. The SMILES string of the molecule is O=C(NC(Cc1cc2ccccc2o1)C(=O)O)OCC12CC3CC(CC(C3)C1)C2. The number of ether oxygens (including phenoxy) is 1. The molecule has 4 aliphatic rings. The molecule has 6 rings (SSSR count). The maximum absolute atomic E-state index is 12.4. The number of furan rings is 1. The van der Waals surface area contributed by atoms with Gasteiger partial charge in [0.05, 0.1) is 6.61 Å². The average molecular weight is 397 g/mol. The van der Waals surface area contributed by atoms with Crippen LogP contribution in [0, 0.1) is 23.2 Å². The summed E-state index contributed by atoms with van der Waals surface area (Å²) in [6.45, 7) is 0.402. The first-order chi connectivity index (χ1) is 14.0. The number of rotatable bonds is 6. The Bertz CT molecular complexity index is 864. The van der Waals surface area contributed by atoms with Crippen LogP contribution in [0.4, 0.5) is 4.79 Å². The van der Waals surface area contributed by atoms with Crippen molar-refractivity contribution in [3.05, 3.63) is 36.1 Å². The molecule has 1 aromatic heterocycles. The van der Waals surface area contributed by atoms with E-state index in [-0.39, 0.29) is 11.8 Å². The molecule has 1 aromatic carbocycles. The third-order valence-electron chi connectivity index (χ3n) is 7.15. The monoisotopic (exact) mass is 397 g/mol. The van der Waals surface area contributed by atoms with Gasteiger partial charge in [0, 0.05) is 17.2 Å². The first-order valence-corrected chi connectivity index (χ1v) is 10.6. The zero-order chi connectivity index (χ0) is 20.0. The molecular formula is C23H27NO5. The van der Waals surface area contributed by atoms with Gasteiger partial charge in [-0.15, -0.1) is 0 Å². The molecular weight excluding hydrogens is 370 g/mol. The molecule has 4 aliphatic carbocycles. The molecule has 1 heterocycles. The molecule has 4 saturated carbocycles. The molecule has 0 radical (unpaired) electrons. The largest absolute Gasteiger partial charge is 0.480 e. The third-order valence-corrected chi connectivity index (χ3v) is 7.15. The van der Waals surface area contributed by atoms with Crippen molar-refractivity contribution in [3.8, 4) is 0 Å². The van der Waals surface area contributed by atoms with Crippen LogP contribution in [0.1, 0.15) is 44.3 Å². The molecule has 1 amide bonds. The Morgan fingerprint density at radius 2 is 1.79 bits per heavy atom. The van der Waals surface area contributed by atoms with E-state index in [1.165, 1.54) is 19.3 Å². The number of aliphatic carboxylic acids is 1. The highest BCUT2D eigenvalue weighted by atomic mass is 16.5. The van der Waals surface area contributed by atoms with Crippen molar-refractivity contribution in [2.45, 2.75) is 51.0 Å². The number of nitrogens with one attached hydrogen (secondary N) is 1. The van der Waals surface area contributed by atoms with Gasteiger partial charge in [0.1, 0.15) is 17.4 Å². The lowest BCUT2D eigenvalue weighted by atomic mass is 9.50. The van der Waals surface area contributed by atoms with Crippen molar-refractivity contribution in [3.63, 3.8) is 0 Å². The molecule has 4 fully saturated rings. The van der Waals surface area contributed by atoms with E-state index in [0.717, 1.165) is 42.4 Å². The molecule has 6 nitrogen and oxygen atoms in total. The second-order valence-corrected chi connectivity index (χ2v) is 9.48. The number of amides is 1. The van der Waals surface area contributed by atoms with Crippen LogP contribution in [-0.2, 0) is 16.0 Å². The summed E-state index contributed by atoms with van der Waals surface area (Å²) in [6, 6.07) is 8.24. The quantitative estimate of drug-likeness (QED) is 0.755. The van der Waals surface area contributed by atoms with Gasteiger partial charge in [0.25, 0.3) is 0 Å². The Labute approximate surface area is 169 Å². The predicted octanol–water partition coefficient (Wildman–Crippen LogP) is 4.37. The second-order valence-electron chi connectivity index (χ2n) is 9.48. The summed E-state index contributed by atoms with van der Waals surface area (Å²) in [6.07, 6.45) is 6.88. The minimum absolute atomic E-state index is 0.0798. The lowest BCUT2D eigenvalue weighted by Gasteiger charge is -2.56. The molecule has 0 spiro atoms. The zero-order valence-corrected chi connectivity index (χ0v) is 16.4. The minimum atomic E-state index is -1.10. The average Bonchev–Trinajstić information content (AvgIpc) is 3.07. The molecule has 6 heteroatoms. The molecule has 1 unspecified atom stereocenters. The van der Waals surface area contributed by atoms with Gasteiger partial charge < -0.3 is 19.6 Å². The van der Waals surface area contributed by atoms with Gasteiger partial charge in [-0.2, -0.15) is 0 Å². The summed E-state index contributed by atoms with van der Waals surface area (Å²) in [5.41, 5.74) is 0.819. The Hall–Kier alpha value is -2.50. The Kier molecular flexibility index (Phi) is 4.52. The summed E-state index contributed by atoms with van der Waals surface area (Å²) < 4.78 is 11.3. The number of benzene rings is 1. The summed E-state index contributed by atoms with van der Waals surface area (Å²) in [5, 5.41) is 13.0. The molecule has 1 atom stereocenters. The van der Waals surface area contributed by atoms with E-state index in [1.807, 2.05) is 30.3 Å². The number of fused-ring (bicyclic) bond motifs is 1. The van der Waals surface area contributed by atoms with Crippen LogP contribution in [0.5, 0.6) is 0 Å². The fourth-order valence-electron chi connectivity index (χ4n) is 6.41. The molecule has 4 bridgehead atoms. The van der Waals surface area contributed by atoms with Crippen molar-refractivity contribution < 1.29 is 23.8 Å². The van der Waals surface area contributed by atoms with Gasteiger partial charge in [-0.3, -0.25) is 0 Å². The van der Waals surface area contributed by atoms with Crippen molar-refractivity contribution in [2.75, 3.05) is 6.61 Å². The first-order valence-electron chi connectivity index (χ1n) is 10.6. The highest BCUT2D eigenvalue weighted by Crippen LogP contribution is 2.60. The number of carbonyl (C=O) groups is 2.